The second-order valence-electron chi connectivity index (χ2n) is 4.25. The van der Waals surface area contributed by atoms with Gasteiger partial charge in [0, 0.05) is 28.5 Å². The number of hydrogen-bond acceptors (Lipinski definition) is 3. The summed E-state index contributed by atoms with van der Waals surface area (Å²) in [6.45, 7) is 3.69. The molecule has 1 aromatic rings. The summed E-state index contributed by atoms with van der Waals surface area (Å²) in [4.78, 5) is 0. The molecule has 0 bridgehead atoms. The van der Waals surface area contributed by atoms with Crippen LogP contribution in [0.5, 0.6) is 0 Å². The summed E-state index contributed by atoms with van der Waals surface area (Å²) in [6.07, 6.45) is 2.29. The summed E-state index contributed by atoms with van der Waals surface area (Å²) in [5.41, 5.74) is 8.86. The number of nitrogens with one attached hydrogen (secondary N) is 1. The zero-order valence-electron chi connectivity index (χ0n) is 9.42. The second kappa shape index (κ2) is 5.06. The fraction of sp³-hybridized carbons (Fsp3) is 0.500. The number of rotatable bonds is 2. The summed E-state index contributed by atoms with van der Waals surface area (Å²) in [5, 5.41) is 3.49. The number of halogens is 1. The monoisotopic (exact) mass is 284 g/mol. The molecule has 16 heavy (non-hydrogen) atoms. The summed E-state index contributed by atoms with van der Waals surface area (Å²) < 4.78 is 6.46. The van der Waals surface area contributed by atoms with E-state index in [4.69, 9.17) is 10.5 Å². The van der Waals surface area contributed by atoms with Crippen LogP contribution in [0.4, 0.5) is 11.4 Å². The molecule has 3 N–H and O–H groups in total. The molecular formula is C12H17BrN2O. The second-order valence-corrected chi connectivity index (χ2v) is 5.10. The molecule has 2 rings (SSSR count). The molecule has 0 aliphatic carbocycles. The van der Waals surface area contributed by atoms with Gasteiger partial charge >= 0.3 is 0 Å². The fourth-order valence-corrected chi connectivity index (χ4v) is 2.36. The van der Waals surface area contributed by atoms with E-state index in [1.807, 2.05) is 13.0 Å². The third-order valence-corrected chi connectivity index (χ3v) is 3.53. The van der Waals surface area contributed by atoms with E-state index in [9.17, 15) is 0 Å². The standard InChI is InChI=1S/C12H17BrN2O/c1-8-5-12(10(13)6-11(8)14)15-9-3-2-4-16-7-9/h5-6,9,15H,2-4,7,14H2,1H3. The molecule has 1 aliphatic rings. The topological polar surface area (TPSA) is 47.3 Å². The molecule has 4 heteroatoms. The molecule has 3 nitrogen and oxygen atoms in total. The van der Waals surface area contributed by atoms with Gasteiger partial charge in [-0.25, -0.2) is 0 Å². The lowest BCUT2D eigenvalue weighted by molar-refractivity contribution is 0.0876. The van der Waals surface area contributed by atoms with Crippen LogP contribution in [0.1, 0.15) is 18.4 Å². The molecule has 0 saturated carbocycles. The zero-order chi connectivity index (χ0) is 11.5. The Bertz CT molecular complexity index is 376. The van der Waals surface area contributed by atoms with E-state index in [1.165, 1.54) is 0 Å². The number of hydrogen-bond donors (Lipinski definition) is 2. The van der Waals surface area contributed by atoms with Crippen LogP contribution in [0.25, 0.3) is 0 Å². The van der Waals surface area contributed by atoms with Crippen molar-refractivity contribution >= 4 is 27.3 Å². The number of nitrogen functional groups attached to an aromatic ring is 1. The predicted molar refractivity (Wildman–Crippen MR) is 70.8 cm³/mol. The summed E-state index contributed by atoms with van der Waals surface area (Å²) in [5.74, 6) is 0. The Hall–Kier alpha value is -0.740. The molecule has 88 valence electrons. The van der Waals surface area contributed by atoms with E-state index in [2.05, 4.69) is 27.3 Å². The Morgan fingerprint density at radius 3 is 3.00 bits per heavy atom. The number of anilines is 2. The molecule has 1 saturated heterocycles. The van der Waals surface area contributed by atoms with Crippen LogP contribution in [-0.4, -0.2) is 19.3 Å². The molecule has 0 amide bonds. The van der Waals surface area contributed by atoms with Crippen molar-refractivity contribution in [3.05, 3.63) is 22.2 Å². The number of ether oxygens (including phenoxy) is 1. The van der Waals surface area contributed by atoms with Crippen molar-refractivity contribution in [3.8, 4) is 0 Å². The Labute approximate surface area is 104 Å². The van der Waals surface area contributed by atoms with Gasteiger partial charge in [0.05, 0.1) is 6.61 Å². The van der Waals surface area contributed by atoms with Crippen molar-refractivity contribution in [3.63, 3.8) is 0 Å². The smallest absolute Gasteiger partial charge is 0.0667 e. The first-order valence-electron chi connectivity index (χ1n) is 5.56. The van der Waals surface area contributed by atoms with Gasteiger partial charge in [-0.3, -0.25) is 0 Å². The molecule has 1 aromatic carbocycles. The molecule has 1 aliphatic heterocycles. The highest BCUT2D eigenvalue weighted by Gasteiger charge is 2.14. The van der Waals surface area contributed by atoms with Gasteiger partial charge in [-0.2, -0.15) is 0 Å². The average molecular weight is 285 g/mol. The first-order valence-corrected chi connectivity index (χ1v) is 6.36. The third kappa shape index (κ3) is 2.68. The molecule has 1 unspecified atom stereocenters. The number of aryl methyl sites for hydroxylation is 1. The molecule has 0 radical (unpaired) electrons. The first kappa shape index (κ1) is 11.7. The quantitative estimate of drug-likeness (QED) is 0.821. The van der Waals surface area contributed by atoms with Crippen LogP contribution in [0, 0.1) is 6.92 Å². The maximum atomic E-state index is 5.84. The molecule has 1 fully saturated rings. The Balaban J connectivity index is 2.11. The van der Waals surface area contributed by atoms with Crippen LogP contribution >= 0.6 is 15.9 Å². The maximum absolute atomic E-state index is 5.84. The lowest BCUT2D eigenvalue weighted by Gasteiger charge is -2.25. The van der Waals surface area contributed by atoms with Crippen molar-refractivity contribution in [2.75, 3.05) is 24.3 Å². The predicted octanol–water partition coefficient (Wildman–Crippen LogP) is 2.93. The average Bonchev–Trinajstić information content (AvgIpc) is 2.27. The van der Waals surface area contributed by atoms with Gasteiger partial charge in [-0.05, 0) is 53.4 Å². The molecular weight excluding hydrogens is 268 g/mol. The highest BCUT2D eigenvalue weighted by atomic mass is 79.9. The largest absolute Gasteiger partial charge is 0.398 e. The van der Waals surface area contributed by atoms with Crippen molar-refractivity contribution in [2.45, 2.75) is 25.8 Å². The van der Waals surface area contributed by atoms with Gasteiger partial charge < -0.3 is 15.8 Å². The van der Waals surface area contributed by atoms with E-state index >= 15 is 0 Å². The van der Waals surface area contributed by atoms with Crippen LogP contribution < -0.4 is 11.1 Å². The lowest BCUT2D eigenvalue weighted by Crippen LogP contribution is -2.30. The van der Waals surface area contributed by atoms with E-state index < -0.39 is 0 Å². The van der Waals surface area contributed by atoms with Gasteiger partial charge in [0.2, 0.25) is 0 Å². The van der Waals surface area contributed by atoms with Gasteiger partial charge in [-0.1, -0.05) is 0 Å². The third-order valence-electron chi connectivity index (χ3n) is 2.88. The van der Waals surface area contributed by atoms with Crippen molar-refractivity contribution < 1.29 is 4.74 Å². The van der Waals surface area contributed by atoms with E-state index in [1.54, 1.807) is 0 Å². The van der Waals surface area contributed by atoms with Gasteiger partial charge in [-0.15, -0.1) is 0 Å². The van der Waals surface area contributed by atoms with Crippen LogP contribution in [0.3, 0.4) is 0 Å². The minimum absolute atomic E-state index is 0.410. The lowest BCUT2D eigenvalue weighted by atomic mass is 10.1. The van der Waals surface area contributed by atoms with E-state index in [-0.39, 0.29) is 0 Å². The normalized spacial score (nSPS) is 20.8. The zero-order valence-corrected chi connectivity index (χ0v) is 11.0. The van der Waals surface area contributed by atoms with Gasteiger partial charge in [0.25, 0.3) is 0 Å². The van der Waals surface area contributed by atoms with Crippen molar-refractivity contribution in [1.29, 1.82) is 0 Å². The van der Waals surface area contributed by atoms with E-state index in [0.29, 0.717) is 6.04 Å². The van der Waals surface area contributed by atoms with Crippen LogP contribution in [0.2, 0.25) is 0 Å². The minimum Gasteiger partial charge on any atom is -0.398 e. The maximum Gasteiger partial charge on any atom is 0.0667 e. The Morgan fingerprint density at radius 1 is 1.50 bits per heavy atom. The molecule has 0 spiro atoms. The highest BCUT2D eigenvalue weighted by Crippen LogP contribution is 2.29. The fourth-order valence-electron chi connectivity index (χ4n) is 1.88. The van der Waals surface area contributed by atoms with Crippen molar-refractivity contribution in [1.82, 2.24) is 0 Å². The molecule has 1 heterocycles. The minimum atomic E-state index is 0.410. The van der Waals surface area contributed by atoms with Crippen LogP contribution in [-0.2, 0) is 4.74 Å². The number of nitrogens with two attached hydrogens (primary N) is 1. The SMILES string of the molecule is Cc1cc(NC2CCCOC2)c(Br)cc1N. The summed E-state index contributed by atoms with van der Waals surface area (Å²) in [7, 11) is 0. The Kier molecular flexibility index (Phi) is 3.71. The summed E-state index contributed by atoms with van der Waals surface area (Å²) >= 11 is 3.52. The molecule has 1 atom stereocenters. The first-order chi connectivity index (χ1) is 7.66. The summed E-state index contributed by atoms with van der Waals surface area (Å²) in [6, 6.07) is 4.43. The molecule has 0 aromatic heterocycles. The Morgan fingerprint density at radius 2 is 2.31 bits per heavy atom. The number of benzene rings is 1. The van der Waals surface area contributed by atoms with Gasteiger partial charge in [0.1, 0.15) is 0 Å². The van der Waals surface area contributed by atoms with E-state index in [0.717, 1.165) is 47.5 Å². The van der Waals surface area contributed by atoms with Gasteiger partial charge in [0.15, 0.2) is 0 Å². The van der Waals surface area contributed by atoms with Crippen molar-refractivity contribution in [2.24, 2.45) is 0 Å². The van der Waals surface area contributed by atoms with Crippen LogP contribution in [0.15, 0.2) is 16.6 Å². The highest BCUT2D eigenvalue weighted by molar-refractivity contribution is 9.10.